The molecule has 3 amide bonds. The zero-order valence-corrected chi connectivity index (χ0v) is 19.2. The van der Waals surface area contributed by atoms with Gasteiger partial charge in [0.15, 0.2) is 0 Å². The van der Waals surface area contributed by atoms with Gasteiger partial charge in [0.25, 0.3) is 17.7 Å². The van der Waals surface area contributed by atoms with Gasteiger partial charge in [-0.3, -0.25) is 14.4 Å². The van der Waals surface area contributed by atoms with Crippen LogP contribution < -0.4 is 10.2 Å². The van der Waals surface area contributed by atoms with E-state index in [1.165, 1.54) is 0 Å². The molecule has 2 heterocycles. The Labute approximate surface area is 192 Å². The van der Waals surface area contributed by atoms with Crippen molar-refractivity contribution in [3.63, 3.8) is 0 Å². The molecule has 4 rings (SSSR count). The number of benzene rings is 2. The molecule has 0 aliphatic carbocycles. The fraction of sp³-hybridized carbons (Fsp3) is 0.320. The summed E-state index contributed by atoms with van der Waals surface area (Å²) in [4.78, 5) is 41.8. The Bertz CT molecular complexity index is 1140. The van der Waals surface area contributed by atoms with Crippen LogP contribution in [0.5, 0.6) is 0 Å². The van der Waals surface area contributed by atoms with Crippen molar-refractivity contribution in [2.75, 3.05) is 23.3 Å². The number of anilines is 2. The van der Waals surface area contributed by atoms with Crippen molar-refractivity contribution in [1.82, 2.24) is 4.90 Å². The zero-order valence-electron chi connectivity index (χ0n) is 18.4. The Morgan fingerprint density at radius 2 is 1.84 bits per heavy atom. The molecule has 0 radical (unpaired) electrons. The molecule has 6 nitrogen and oxygen atoms in total. The van der Waals surface area contributed by atoms with Gasteiger partial charge in [0.2, 0.25) is 0 Å². The van der Waals surface area contributed by atoms with Crippen molar-refractivity contribution in [2.45, 2.75) is 33.6 Å². The van der Waals surface area contributed by atoms with Crippen LogP contribution >= 0.6 is 11.6 Å². The monoisotopic (exact) mass is 451 g/mol. The standard InChI is InChI=1S/C25H26ClN3O3/c1-15-7-6-12-28(14-15)23(30)18-9-5-10-19(13-18)27-22-21(26)24(31)29(25(22)32)20-11-4-8-16(2)17(20)3/h4-5,8-11,13,15,27H,6-7,12,14H2,1-3H3. The van der Waals surface area contributed by atoms with Crippen LogP contribution in [0.15, 0.2) is 53.2 Å². The van der Waals surface area contributed by atoms with E-state index < -0.39 is 11.8 Å². The maximum atomic E-state index is 13.1. The number of amides is 3. The number of nitrogens with zero attached hydrogens (tertiary/aromatic N) is 2. The highest BCUT2D eigenvalue weighted by atomic mass is 35.5. The van der Waals surface area contributed by atoms with Gasteiger partial charge in [-0.1, -0.05) is 36.7 Å². The van der Waals surface area contributed by atoms with Crippen molar-refractivity contribution in [3.8, 4) is 0 Å². The molecule has 2 aromatic carbocycles. The molecule has 0 saturated carbocycles. The lowest BCUT2D eigenvalue weighted by molar-refractivity contribution is -0.120. The maximum Gasteiger partial charge on any atom is 0.283 e. The first-order chi connectivity index (χ1) is 15.3. The Kier molecular flexibility index (Phi) is 6.07. The highest BCUT2D eigenvalue weighted by Gasteiger charge is 2.39. The van der Waals surface area contributed by atoms with Crippen LogP contribution in [0.25, 0.3) is 0 Å². The molecule has 1 atom stereocenters. The van der Waals surface area contributed by atoms with E-state index >= 15 is 0 Å². The number of nitrogens with one attached hydrogen (secondary N) is 1. The van der Waals surface area contributed by atoms with Gasteiger partial charge >= 0.3 is 0 Å². The van der Waals surface area contributed by atoms with E-state index in [1.54, 1.807) is 36.4 Å². The highest BCUT2D eigenvalue weighted by molar-refractivity contribution is 6.53. The third-order valence-corrected chi connectivity index (χ3v) is 6.52. The third-order valence-electron chi connectivity index (χ3n) is 6.17. The number of hydrogen-bond donors (Lipinski definition) is 1. The average Bonchev–Trinajstić information content (AvgIpc) is 2.99. The minimum absolute atomic E-state index is 0.00812. The van der Waals surface area contributed by atoms with Gasteiger partial charge in [0.1, 0.15) is 10.7 Å². The largest absolute Gasteiger partial charge is 0.350 e. The number of aryl methyl sites for hydroxylation is 1. The molecular weight excluding hydrogens is 426 g/mol. The molecule has 7 heteroatoms. The summed E-state index contributed by atoms with van der Waals surface area (Å²) in [5.74, 6) is -0.639. The molecule has 1 unspecified atom stereocenters. The Balaban J connectivity index is 1.57. The SMILES string of the molecule is Cc1cccc(N2C(=O)C(Cl)=C(Nc3cccc(C(=O)N4CCCC(C)C4)c3)C2=O)c1C. The second-order valence-electron chi connectivity index (χ2n) is 8.56. The number of likely N-dealkylation sites (tertiary alicyclic amines) is 1. The number of hydrogen-bond acceptors (Lipinski definition) is 4. The van der Waals surface area contributed by atoms with Crippen LogP contribution in [0.3, 0.4) is 0 Å². The molecule has 0 aromatic heterocycles. The summed E-state index contributed by atoms with van der Waals surface area (Å²) in [5.41, 5.74) is 3.39. The number of carbonyl (C=O) groups excluding carboxylic acids is 3. The summed E-state index contributed by atoms with van der Waals surface area (Å²) in [6, 6.07) is 12.4. The van der Waals surface area contributed by atoms with Gasteiger partial charge < -0.3 is 10.2 Å². The second-order valence-corrected chi connectivity index (χ2v) is 8.94. The molecule has 2 aliphatic heterocycles. The van der Waals surface area contributed by atoms with E-state index in [0.29, 0.717) is 22.9 Å². The average molecular weight is 452 g/mol. The normalized spacial score (nSPS) is 19.1. The van der Waals surface area contributed by atoms with E-state index in [-0.39, 0.29) is 16.6 Å². The number of piperidine rings is 1. The molecule has 2 aliphatic rings. The van der Waals surface area contributed by atoms with Crippen molar-refractivity contribution in [3.05, 3.63) is 69.9 Å². The third kappa shape index (κ3) is 4.02. The van der Waals surface area contributed by atoms with E-state index in [1.807, 2.05) is 24.8 Å². The molecule has 2 aromatic rings. The number of imide groups is 1. The molecule has 32 heavy (non-hydrogen) atoms. The summed E-state index contributed by atoms with van der Waals surface area (Å²) in [6.45, 7) is 7.42. The van der Waals surface area contributed by atoms with Gasteiger partial charge in [-0.25, -0.2) is 4.90 Å². The first kappa shape index (κ1) is 22.1. The molecule has 0 spiro atoms. The van der Waals surface area contributed by atoms with Crippen LogP contribution in [-0.2, 0) is 9.59 Å². The smallest absolute Gasteiger partial charge is 0.283 e. The fourth-order valence-corrected chi connectivity index (χ4v) is 4.45. The van der Waals surface area contributed by atoms with Crippen LogP contribution in [-0.4, -0.2) is 35.7 Å². The first-order valence-electron chi connectivity index (χ1n) is 10.8. The lowest BCUT2D eigenvalue weighted by Crippen LogP contribution is -2.39. The minimum atomic E-state index is -0.567. The van der Waals surface area contributed by atoms with Crippen LogP contribution in [0.1, 0.15) is 41.3 Å². The van der Waals surface area contributed by atoms with Gasteiger partial charge in [-0.15, -0.1) is 0 Å². The molecule has 1 fully saturated rings. The lowest BCUT2D eigenvalue weighted by Gasteiger charge is -2.31. The zero-order chi connectivity index (χ0) is 23.0. The fourth-order valence-electron chi connectivity index (χ4n) is 4.24. The Morgan fingerprint density at radius 3 is 2.59 bits per heavy atom. The van der Waals surface area contributed by atoms with E-state index in [9.17, 15) is 14.4 Å². The van der Waals surface area contributed by atoms with Crippen molar-refractivity contribution in [1.29, 1.82) is 0 Å². The summed E-state index contributed by atoms with van der Waals surface area (Å²) >= 11 is 6.28. The molecule has 1 saturated heterocycles. The summed E-state index contributed by atoms with van der Waals surface area (Å²) in [7, 11) is 0. The quantitative estimate of drug-likeness (QED) is 0.689. The molecule has 1 N–H and O–H groups in total. The summed E-state index contributed by atoms with van der Waals surface area (Å²) in [5, 5.41) is 2.81. The van der Waals surface area contributed by atoms with Gasteiger partial charge in [0.05, 0.1) is 5.69 Å². The second kappa shape index (κ2) is 8.79. The van der Waals surface area contributed by atoms with Gasteiger partial charge in [-0.2, -0.15) is 0 Å². The van der Waals surface area contributed by atoms with Crippen LogP contribution in [0.4, 0.5) is 11.4 Å². The van der Waals surface area contributed by atoms with E-state index in [2.05, 4.69) is 12.2 Å². The summed E-state index contributed by atoms with van der Waals surface area (Å²) in [6.07, 6.45) is 2.13. The number of rotatable bonds is 4. The first-order valence-corrected chi connectivity index (χ1v) is 11.2. The topological polar surface area (TPSA) is 69.7 Å². The van der Waals surface area contributed by atoms with Crippen LogP contribution in [0.2, 0.25) is 0 Å². The molecule has 0 bridgehead atoms. The Morgan fingerprint density at radius 1 is 1.09 bits per heavy atom. The van der Waals surface area contributed by atoms with Crippen molar-refractivity contribution >= 4 is 40.7 Å². The molecule has 166 valence electrons. The van der Waals surface area contributed by atoms with Gasteiger partial charge in [0, 0.05) is 24.3 Å². The Hall–Kier alpha value is -3.12. The van der Waals surface area contributed by atoms with Crippen LogP contribution in [0, 0.1) is 19.8 Å². The summed E-state index contributed by atoms with van der Waals surface area (Å²) < 4.78 is 0. The molecular formula is C25H26ClN3O3. The predicted molar refractivity (Wildman–Crippen MR) is 126 cm³/mol. The minimum Gasteiger partial charge on any atom is -0.350 e. The van der Waals surface area contributed by atoms with Gasteiger partial charge in [-0.05, 0) is 68.0 Å². The van der Waals surface area contributed by atoms with Crippen molar-refractivity contribution in [2.24, 2.45) is 5.92 Å². The number of halogens is 1. The lowest BCUT2D eigenvalue weighted by atomic mass is 9.99. The van der Waals surface area contributed by atoms with E-state index in [0.717, 1.165) is 42.0 Å². The maximum absolute atomic E-state index is 13.1. The van der Waals surface area contributed by atoms with E-state index in [4.69, 9.17) is 11.6 Å². The predicted octanol–water partition coefficient (Wildman–Crippen LogP) is 4.61. The number of carbonyl (C=O) groups is 3. The highest BCUT2D eigenvalue weighted by Crippen LogP contribution is 2.33. The van der Waals surface area contributed by atoms with Crippen molar-refractivity contribution < 1.29 is 14.4 Å².